The molecule has 0 radical (unpaired) electrons. The van der Waals surface area contributed by atoms with Crippen molar-refractivity contribution in [1.82, 2.24) is 5.32 Å². The van der Waals surface area contributed by atoms with Gasteiger partial charge in [-0.25, -0.2) is 0 Å². The van der Waals surface area contributed by atoms with Crippen molar-refractivity contribution >= 4 is 17.5 Å². The predicted molar refractivity (Wildman–Crippen MR) is 71.2 cm³/mol. The van der Waals surface area contributed by atoms with Gasteiger partial charge in [-0.05, 0) is 23.6 Å². The Morgan fingerprint density at radius 2 is 1.78 bits per heavy atom. The number of nitrogens with two attached hydrogens (primary N) is 1. The van der Waals surface area contributed by atoms with Crippen LogP contribution in [0.3, 0.4) is 0 Å². The molecule has 0 heterocycles. The molecule has 1 aromatic rings. The highest BCUT2D eigenvalue weighted by Gasteiger charge is 2.05. The molecule has 0 atom stereocenters. The van der Waals surface area contributed by atoms with E-state index in [9.17, 15) is 9.59 Å². The summed E-state index contributed by atoms with van der Waals surface area (Å²) in [6.07, 6.45) is 0. The number of amides is 2. The Morgan fingerprint density at radius 3 is 2.28 bits per heavy atom. The monoisotopic (exact) mass is 249 g/mol. The van der Waals surface area contributed by atoms with Gasteiger partial charge in [0.25, 0.3) is 0 Å². The molecule has 5 nitrogen and oxygen atoms in total. The van der Waals surface area contributed by atoms with Crippen molar-refractivity contribution in [1.29, 1.82) is 0 Å². The van der Waals surface area contributed by atoms with Crippen molar-refractivity contribution in [2.75, 3.05) is 18.4 Å². The highest BCUT2D eigenvalue weighted by Crippen LogP contribution is 2.16. The molecule has 0 spiro atoms. The first-order valence-electron chi connectivity index (χ1n) is 5.89. The molecule has 0 bridgehead atoms. The molecule has 0 aliphatic carbocycles. The van der Waals surface area contributed by atoms with E-state index in [0.29, 0.717) is 11.6 Å². The van der Waals surface area contributed by atoms with Gasteiger partial charge in [0.05, 0.1) is 13.1 Å². The maximum atomic E-state index is 11.5. The molecule has 2 amide bonds. The van der Waals surface area contributed by atoms with Crippen molar-refractivity contribution in [3.8, 4) is 0 Å². The lowest BCUT2D eigenvalue weighted by Crippen LogP contribution is -2.36. The van der Waals surface area contributed by atoms with Crippen LogP contribution in [0.2, 0.25) is 0 Å². The Hall–Kier alpha value is -1.88. The summed E-state index contributed by atoms with van der Waals surface area (Å²) >= 11 is 0. The molecule has 98 valence electrons. The molecule has 18 heavy (non-hydrogen) atoms. The van der Waals surface area contributed by atoms with Crippen molar-refractivity contribution in [3.05, 3.63) is 29.8 Å². The van der Waals surface area contributed by atoms with Crippen LogP contribution in [0.4, 0.5) is 5.69 Å². The molecule has 0 saturated carbocycles. The minimum absolute atomic E-state index is 0.0675. The number of carbonyl (C=O) groups excluding carboxylic acids is 2. The van der Waals surface area contributed by atoms with Gasteiger partial charge in [-0.1, -0.05) is 26.0 Å². The van der Waals surface area contributed by atoms with Crippen molar-refractivity contribution in [2.45, 2.75) is 19.8 Å². The van der Waals surface area contributed by atoms with E-state index < -0.39 is 0 Å². The first kappa shape index (κ1) is 14.2. The van der Waals surface area contributed by atoms with Gasteiger partial charge >= 0.3 is 0 Å². The predicted octanol–water partition coefficient (Wildman–Crippen LogP) is 0.823. The Labute approximate surface area is 107 Å². The van der Waals surface area contributed by atoms with Gasteiger partial charge in [0, 0.05) is 5.69 Å². The van der Waals surface area contributed by atoms with Gasteiger partial charge in [0.15, 0.2) is 0 Å². The summed E-state index contributed by atoms with van der Waals surface area (Å²) in [6.45, 7) is 4.03. The summed E-state index contributed by atoms with van der Waals surface area (Å²) in [5.74, 6) is -0.159. The molecule has 1 aromatic carbocycles. The van der Waals surface area contributed by atoms with Crippen LogP contribution >= 0.6 is 0 Å². The normalized spacial score (nSPS) is 10.2. The molecular weight excluding hydrogens is 230 g/mol. The Bertz CT molecular complexity index is 413. The van der Waals surface area contributed by atoms with Crippen LogP contribution in [0, 0.1) is 0 Å². The minimum atomic E-state index is -0.347. The maximum Gasteiger partial charge on any atom is 0.243 e. The van der Waals surface area contributed by atoms with Crippen LogP contribution in [0.25, 0.3) is 0 Å². The average Bonchev–Trinajstić information content (AvgIpc) is 2.36. The zero-order valence-corrected chi connectivity index (χ0v) is 10.7. The first-order chi connectivity index (χ1) is 8.52. The van der Waals surface area contributed by atoms with Gasteiger partial charge in [-0.3, -0.25) is 9.59 Å². The Kier molecular flexibility index (Phi) is 5.32. The number of hydrogen-bond donors (Lipinski definition) is 3. The first-order valence-corrected chi connectivity index (χ1v) is 5.89. The zero-order valence-electron chi connectivity index (χ0n) is 10.7. The average molecular weight is 249 g/mol. The van der Waals surface area contributed by atoms with E-state index in [-0.39, 0.29) is 24.9 Å². The van der Waals surface area contributed by atoms with Crippen LogP contribution in [0.1, 0.15) is 25.3 Å². The van der Waals surface area contributed by atoms with Gasteiger partial charge < -0.3 is 16.4 Å². The SMILES string of the molecule is CC(C)c1ccc(NC(=O)CNC(=O)CN)cc1. The molecule has 0 aromatic heterocycles. The fourth-order valence-electron chi connectivity index (χ4n) is 1.41. The molecule has 1 rings (SSSR count). The number of benzene rings is 1. The molecule has 0 aliphatic rings. The van der Waals surface area contributed by atoms with Gasteiger partial charge in [-0.2, -0.15) is 0 Å². The van der Waals surface area contributed by atoms with Crippen molar-refractivity contribution < 1.29 is 9.59 Å². The third kappa shape index (κ3) is 4.55. The topological polar surface area (TPSA) is 84.2 Å². The van der Waals surface area contributed by atoms with E-state index in [2.05, 4.69) is 24.5 Å². The summed E-state index contributed by atoms with van der Waals surface area (Å²) in [4.78, 5) is 22.4. The summed E-state index contributed by atoms with van der Waals surface area (Å²) in [6, 6.07) is 7.63. The van der Waals surface area contributed by atoms with Crippen LogP contribution < -0.4 is 16.4 Å². The number of hydrogen-bond acceptors (Lipinski definition) is 3. The third-order valence-electron chi connectivity index (χ3n) is 2.49. The van der Waals surface area contributed by atoms with E-state index in [0.717, 1.165) is 0 Å². The molecule has 5 heteroatoms. The Balaban J connectivity index is 2.47. The quantitative estimate of drug-likeness (QED) is 0.722. The lowest BCUT2D eigenvalue weighted by Gasteiger charge is -2.08. The van der Waals surface area contributed by atoms with E-state index in [1.165, 1.54) is 5.56 Å². The van der Waals surface area contributed by atoms with Crippen LogP contribution in [0.5, 0.6) is 0 Å². The molecule has 0 saturated heterocycles. The maximum absolute atomic E-state index is 11.5. The summed E-state index contributed by atoms with van der Waals surface area (Å²) < 4.78 is 0. The molecule has 0 unspecified atom stereocenters. The van der Waals surface area contributed by atoms with E-state index in [4.69, 9.17) is 5.73 Å². The van der Waals surface area contributed by atoms with E-state index >= 15 is 0 Å². The third-order valence-corrected chi connectivity index (χ3v) is 2.49. The molecule has 0 fully saturated rings. The number of rotatable bonds is 5. The molecular formula is C13H19N3O2. The minimum Gasteiger partial charge on any atom is -0.346 e. The summed E-state index contributed by atoms with van der Waals surface area (Å²) in [5.41, 5.74) is 7.04. The highest BCUT2D eigenvalue weighted by molar-refractivity contribution is 5.94. The van der Waals surface area contributed by atoms with Crippen molar-refractivity contribution in [3.63, 3.8) is 0 Å². The summed E-state index contributed by atoms with van der Waals surface area (Å²) in [7, 11) is 0. The van der Waals surface area contributed by atoms with Crippen LogP contribution in [-0.4, -0.2) is 24.9 Å². The zero-order chi connectivity index (χ0) is 13.5. The fraction of sp³-hybridized carbons (Fsp3) is 0.385. The number of nitrogens with one attached hydrogen (secondary N) is 2. The highest BCUT2D eigenvalue weighted by atomic mass is 16.2. The lowest BCUT2D eigenvalue weighted by molar-refractivity contribution is -0.123. The summed E-state index contributed by atoms with van der Waals surface area (Å²) in [5, 5.41) is 5.10. The molecule has 0 aliphatic heterocycles. The lowest BCUT2D eigenvalue weighted by atomic mass is 10.0. The fourth-order valence-corrected chi connectivity index (χ4v) is 1.41. The van der Waals surface area contributed by atoms with E-state index in [1.807, 2.05) is 24.3 Å². The van der Waals surface area contributed by atoms with Gasteiger partial charge in [0.2, 0.25) is 11.8 Å². The number of carbonyl (C=O) groups is 2. The molecule has 4 N–H and O–H groups in total. The van der Waals surface area contributed by atoms with Gasteiger partial charge in [-0.15, -0.1) is 0 Å². The Morgan fingerprint density at radius 1 is 1.17 bits per heavy atom. The largest absolute Gasteiger partial charge is 0.346 e. The van der Waals surface area contributed by atoms with Gasteiger partial charge in [0.1, 0.15) is 0 Å². The second-order valence-corrected chi connectivity index (χ2v) is 4.31. The van der Waals surface area contributed by atoms with Crippen LogP contribution in [-0.2, 0) is 9.59 Å². The van der Waals surface area contributed by atoms with Crippen molar-refractivity contribution in [2.24, 2.45) is 5.73 Å². The standard InChI is InChI=1S/C13H19N3O2/c1-9(2)10-3-5-11(6-4-10)16-13(18)8-15-12(17)7-14/h3-6,9H,7-8,14H2,1-2H3,(H,15,17)(H,16,18). The van der Waals surface area contributed by atoms with Crippen LogP contribution in [0.15, 0.2) is 24.3 Å². The second kappa shape index (κ2) is 6.76. The second-order valence-electron chi connectivity index (χ2n) is 4.31. The number of anilines is 1. The smallest absolute Gasteiger partial charge is 0.243 e. The van der Waals surface area contributed by atoms with E-state index in [1.54, 1.807) is 0 Å².